The normalized spacial score (nSPS) is 12.2. The lowest BCUT2D eigenvalue weighted by Crippen LogP contribution is -2.11. The Labute approximate surface area is 132 Å². The quantitative estimate of drug-likeness (QED) is 0.688. The van der Waals surface area contributed by atoms with Crippen LogP contribution in [-0.4, -0.2) is 0 Å². The van der Waals surface area contributed by atoms with Crippen molar-refractivity contribution in [2.24, 2.45) is 0 Å². The molecule has 1 nitrogen and oxygen atoms in total. The Morgan fingerprint density at radius 1 is 1.10 bits per heavy atom. The van der Waals surface area contributed by atoms with E-state index in [1.807, 2.05) is 13.0 Å². The van der Waals surface area contributed by atoms with Crippen LogP contribution in [0.2, 0.25) is 15.1 Å². The molecule has 0 heterocycles. The molecule has 20 heavy (non-hydrogen) atoms. The molecule has 5 heteroatoms. The molecular weight excluding hydrogens is 320 g/mol. The Hall–Kier alpha value is -0.960. The van der Waals surface area contributed by atoms with Crippen LogP contribution in [0.15, 0.2) is 36.4 Å². The minimum Gasteiger partial charge on any atom is -0.376 e. The lowest BCUT2D eigenvalue weighted by Gasteiger charge is -2.20. The molecule has 0 spiro atoms. The minimum absolute atomic E-state index is 0.0899. The standard InChI is InChI=1S/C15H13Cl3FN/c1-2-13(10-7-6-9(16)8-12(10)18)20-14-5-3-4-11(17)15(14)19/h3-8,13,20H,2H2,1H3. The number of benzene rings is 2. The molecule has 0 aliphatic rings. The molecule has 2 aromatic carbocycles. The summed E-state index contributed by atoms with van der Waals surface area (Å²) in [6.45, 7) is 1.99. The first-order valence-corrected chi connectivity index (χ1v) is 7.31. The first kappa shape index (κ1) is 15.4. The van der Waals surface area contributed by atoms with Crippen LogP contribution < -0.4 is 5.32 Å². The summed E-state index contributed by atoms with van der Waals surface area (Å²) in [7, 11) is 0. The summed E-state index contributed by atoms with van der Waals surface area (Å²) in [6.07, 6.45) is 0.743. The molecule has 0 radical (unpaired) electrons. The molecule has 0 saturated heterocycles. The van der Waals surface area contributed by atoms with Gasteiger partial charge in [0.25, 0.3) is 0 Å². The molecule has 0 fully saturated rings. The monoisotopic (exact) mass is 331 g/mol. The fraction of sp³-hybridized carbons (Fsp3) is 0.200. The second-order valence-electron chi connectivity index (χ2n) is 4.37. The van der Waals surface area contributed by atoms with Crippen LogP contribution in [0.3, 0.4) is 0 Å². The maximum Gasteiger partial charge on any atom is 0.164 e. The van der Waals surface area contributed by atoms with Crippen LogP contribution >= 0.6 is 34.8 Å². The fourth-order valence-corrected chi connectivity index (χ4v) is 2.70. The first-order valence-electron chi connectivity index (χ1n) is 6.18. The van der Waals surface area contributed by atoms with E-state index in [0.29, 0.717) is 15.7 Å². The lowest BCUT2D eigenvalue weighted by atomic mass is 10.0. The van der Waals surface area contributed by atoms with Gasteiger partial charge >= 0.3 is 0 Å². The lowest BCUT2D eigenvalue weighted by molar-refractivity contribution is 0.624. The summed E-state index contributed by atoms with van der Waals surface area (Å²) in [6, 6.07) is 10.0. The highest BCUT2D eigenvalue weighted by Crippen LogP contribution is 2.32. The zero-order valence-corrected chi connectivity index (χ0v) is 13.0. The molecule has 0 bridgehead atoms. The van der Waals surface area contributed by atoms with Crippen molar-refractivity contribution >= 4 is 40.5 Å². The first-order chi connectivity index (χ1) is 9.52. The third-order valence-corrected chi connectivity index (χ3v) is 3.88. The van der Waals surface area contributed by atoms with Gasteiger partial charge in [-0.2, -0.15) is 0 Å². The molecular formula is C15H13Cl3FN. The van der Waals surface area contributed by atoms with Crippen LogP contribution in [0.1, 0.15) is 24.9 Å². The molecule has 1 unspecified atom stereocenters. The number of halogens is 4. The van der Waals surface area contributed by atoms with E-state index >= 15 is 0 Å². The van der Waals surface area contributed by atoms with Gasteiger partial charge in [-0.05, 0) is 36.2 Å². The van der Waals surface area contributed by atoms with E-state index in [0.717, 1.165) is 12.0 Å². The van der Waals surface area contributed by atoms with Crippen LogP contribution in [0.4, 0.5) is 10.1 Å². The average molecular weight is 333 g/mol. The molecule has 106 valence electrons. The zero-order chi connectivity index (χ0) is 14.7. The maximum absolute atomic E-state index is 13.9. The second-order valence-corrected chi connectivity index (χ2v) is 5.62. The molecule has 1 atom stereocenters. The summed E-state index contributed by atoms with van der Waals surface area (Å²) in [4.78, 5) is 0. The Bertz CT molecular complexity index is 616. The summed E-state index contributed by atoms with van der Waals surface area (Å²) >= 11 is 17.9. The Morgan fingerprint density at radius 2 is 1.85 bits per heavy atom. The third-order valence-electron chi connectivity index (χ3n) is 3.03. The molecule has 0 aromatic heterocycles. The van der Waals surface area contributed by atoms with Crippen molar-refractivity contribution in [2.75, 3.05) is 5.32 Å². The van der Waals surface area contributed by atoms with Gasteiger partial charge < -0.3 is 5.32 Å². The molecule has 2 aromatic rings. The Balaban J connectivity index is 2.31. The van der Waals surface area contributed by atoms with E-state index in [4.69, 9.17) is 34.8 Å². The van der Waals surface area contributed by atoms with E-state index < -0.39 is 5.82 Å². The highest BCUT2D eigenvalue weighted by molar-refractivity contribution is 6.35. The van der Waals surface area contributed by atoms with Crippen molar-refractivity contribution in [3.05, 3.63) is 62.8 Å². The van der Waals surface area contributed by atoms with E-state index in [9.17, 15) is 4.39 Å². The summed E-state index contributed by atoms with van der Waals surface area (Å²) in [5.74, 6) is -0.460. The Morgan fingerprint density at radius 3 is 2.50 bits per heavy atom. The number of nitrogens with one attached hydrogen (secondary N) is 1. The van der Waals surface area contributed by atoms with Crippen molar-refractivity contribution in [2.45, 2.75) is 19.4 Å². The fourth-order valence-electron chi connectivity index (χ4n) is 1.99. The molecule has 0 saturated carbocycles. The minimum atomic E-state index is -0.460. The second kappa shape index (κ2) is 6.66. The van der Waals surface area contributed by atoms with E-state index in [1.54, 1.807) is 24.3 Å². The molecule has 0 aliphatic carbocycles. The van der Waals surface area contributed by atoms with Gasteiger partial charge in [0.1, 0.15) is 0 Å². The molecule has 1 N–H and O–H groups in total. The van der Waals surface area contributed by atoms with Gasteiger partial charge in [0.15, 0.2) is 5.82 Å². The zero-order valence-electron chi connectivity index (χ0n) is 10.8. The van der Waals surface area contributed by atoms with Crippen molar-refractivity contribution in [3.8, 4) is 0 Å². The Kier molecular flexibility index (Phi) is 5.14. The number of rotatable bonds is 4. The largest absolute Gasteiger partial charge is 0.376 e. The molecule has 0 aliphatic heterocycles. The highest BCUT2D eigenvalue weighted by Gasteiger charge is 2.15. The predicted molar refractivity (Wildman–Crippen MR) is 84.5 cm³/mol. The number of hydrogen-bond donors (Lipinski definition) is 1. The molecule has 0 amide bonds. The topological polar surface area (TPSA) is 12.0 Å². The highest BCUT2D eigenvalue weighted by atomic mass is 35.5. The van der Waals surface area contributed by atoms with E-state index in [1.165, 1.54) is 6.07 Å². The third kappa shape index (κ3) is 3.38. The van der Waals surface area contributed by atoms with Crippen LogP contribution in [0, 0.1) is 5.82 Å². The summed E-state index contributed by atoms with van der Waals surface area (Å²) in [5.41, 5.74) is 1.23. The smallest absolute Gasteiger partial charge is 0.164 e. The maximum atomic E-state index is 13.9. The number of hydrogen-bond acceptors (Lipinski definition) is 1. The van der Waals surface area contributed by atoms with Gasteiger partial charge in [-0.1, -0.05) is 53.9 Å². The van der Waals surface area contributed by atoms with Crippen molar-refractivity contribution < 1.29 is 4.39 Å². The molecule has 2 rings (SSSR count). The van der Waals surface area contributed by atoms with Gasteiger partial charge in [-0.25, -0.2) is 4.39 Å². The van der Waals surface area contributed by atoms with Crippen molar-refractivity contribution in [1.29, 1.82) is 0 Å². The van der Waals surface area contributed by atoms with Crippen LogP contribution in [0.5, 0.6) is 0 Å². The summed E-state index contributed by atoms with van der Waals surface area (Å²) < 4.78 is 13.9. The van der Waals surface area contributed by atoms with Gasteiger partial charge in [0.05, 0.1) is 16.8 Å². The predicted octanol–water partition coefficient (Wildman–Crippen LogP) is 6.35. The van der Waals surface area contributed by atoms with E-state index in [-0.39, 0.29) is 11.1 Å². The average Bonchev–Trinajstić information content (AvgIpc) is 2.41. The van der Waals surface area contributed by atoms with E-state index in [2.05, 4.69) is 5.32 Å². The van der Waals surface area contributed by atoms with Crippen LogP contribution in [0.25, 0.3) is 0 Å². The number of anilines is 1. The van der Waals surface area contributed by atoms with Crippen molar-refractivity contribution in [1.82, 2.24) is 0 Å². The van der Waals surface area contributed by atoms with Gasteiger partial charge in [0, 0.05) is 10.0 Å². The van der Waals surface area contributed by atoms with Gasteiger partial charge in [-0.15, -0.1) is 0 Å². The van der Waals surface area contributed by atoms with Crippen molar-refractivity contribution in [3.63, 3.8) is 0 Å². The SMILES string of the molecule is CCC(Nc1cccc(Cl)c1F)c1ccc(Cl)cc1Cl. The van der Waals surface area contributed by atoms with Gasteiger partial charge in [-0.3, -0.25) is 0 Å². The van der Waals surface area contributed by atoms with Gasteiger partial charge in [0.2, 0.25) is 0 Å². The summed E-state index contributed by atoms with van der Waals surface area (Å²) in [5, 5.41) is 4.34. The van der Waals surface area contributed by atoms with Crippen LogP contribution in [-0.2, 0) is 0 Å².